The van der Waals surface area contributed by atoms with Crippen LogP contribution in [0.1, 0.15) is 22.3 Å². The van der Waals surface area contributed by atoms with E-state index in [1.54, 1.807) is 0 Å². The minimum Gasteiger partial charge on any atom is -0.256 e. The van der Waals surface area contributed by atoms with Crippen LogP contribution in [-0.4, -0.2) is 0 Å². The van der Waals surface area contributed by atoms with Gasteiger partial charge in [0.25, 0.3) is 0 Å². The Morgan fingerprint density at radius 3 is 2.12 bits per heavy atom. The van der Waals surface area contributed by atoms with Gasteiger partial charge < -0.3 is 0 Å². The maximum atomic E-state index is 6.07. The van der Waals surface area contributed by atoms with Crippen molar-refractivity contribution in [3.05, 3.63) is 150 Å². The van der Waals surface area contributed by atoms with E-state index < -0.39 is 5.41 Å². The van der Waals surface area contributed by atoms with Crippen LogP contribution in [0.2, 0.25) is 0 Å². The molecule has 0 saturated carbocycles. The molecule has 2 nitrogen and oxygen atoms in total. The first-order valence-electron chi connectivity index (χ1n) is 13.8. The number of nitrogens with two attached hydrogens (primary N) is 1. The van der Waals surface area contributed by atoms with Gasteiger partial charge in [0.05, 0.1) is 11.1 Å². The van der Waals surface area contributed by atoms with Gasteiger partial charge in [-0.1, -0.05) is 103 Å². The average Bonchev–Trinajstić information content (AvgIpc) is 3.65. The van der Waals surface area contributed by atoms with Crippen LogP contribution in [0.15, 0.2) is 127 Å². The summed E-state index contributed by atoms with van der Waals surface area (Å²) in [6, 6.07) is 46.8. The SMILES string of the molecule is NN(S)c1cccc(-c2cccc3c2C2(c4ccccc4-3)c3ccccc3-c3c2ccc2sc4ccccc4c32)c1. The van der Waals surface area contributed by atoms with Gasteiger partial charge in [-0.05, 0) is 92.7 Å². The Kier molecular flexibility index (Phi) is 4.75. The quantitative estimate of drug-likeness (QED) is 0.125. The third-order valence-corrected chi connectivity index (χ3v) is 10.4. The molecule has 1 aromatic heterocycles. The normalized spacial score (nSPS) is 16.1. The molecule has 2 N–H and O–H groups in total. The summed E-state index contributed by atoms with van der Waals surface area (Å²) in [5.74, 6) is 6.07. The molecule has 1 unspecified atom stereocenters. The Morgan fingerprint density at radius 2 is 1.27 bits per heavy atom. The topological polar surface area (TPSA) is 29.3 Å². The third-order valence-electron chi connectivity index (χ3n) is 9.03. The molecular formula is C37H24N2S2. The van der Waals surface area contributed by atoms with E-state index in [4.69, 9.17) is 5.84 Å². The summed E-state index contributed by atoms with van der Waals surface area (Å²) in [5, 5.41) is 2.70. The van der Waals surface area contributed by atoms with Crippen molar-refractivity contribution >= 4 is 50.0 Å². The molecule has 0 radical (unpaired) electrons. The molecule has 4 heteroatoms. The largest absolute Gasteiger partial charge is 0.256 e. The van der Waals surface area contributed by atoms with Gasteiger partial charge in [0.15, 0.2) is 0 Å². The van der Waals surface area contributed by atoms with E-state index in [2.05, 4.69) is 134 Å². The zero-order chi connectivity index (χ0) is 27.3. The summed E-state index contributed by atoms with van der Waals surface area (Å²) >= 11 is 6.28. The lowest BCUT2D eigenvalue weighted by molar-refractivity contribution is 0.796. The number of rotatable bonds is 2. The summed E-state index contributed by atoms with van der Waals surface area (Å²) in [4.78, 5) is 0. The van der Waals surface area contributed by atoms with Gasteiger partial charge in [0.2, 0.25) is 0 Å². The molecule has 194 valence electrons. The Labute approximate surface area is 247 Å². The highest BCUT2D eigenvalue weighted by Gasteiger charge is 2.53. The molecule has 6 aromatic carbocycles. The predicted molar refractivity (Wildman–Crippen MR) is 177 cm³/mol. The summed E-state index contributed by atoms with van der Waals surface area (Å²) in [5.41, 5.74) is 13.4. The number of benzene rings is 6. The van der Waals surface area contributed by atoms with E-state index in [-0.39, 0.29) is 0 Å². The monoisotopic (exact) mass is 560 g/mol. The fourth-order valence-corrected chi connectivity index (χ4v) is 8.80. The van der Waals surface area contributed by atoms with Gasteiger partial charge in [0.1, 0.15) is 0 Å². The molecule has 0 fully saturated rings. The van der Waals surface area contributed by atoms with E-state index in [1.165, 1.54) is 74.7 Å². The average molecular weight is 561 g/mol. The van der Waals surface area contributed by atoms with Crippen molar-refractivity contribution in [2.24, 2.45) is 5.84 Å². The van der Waals surface area contributed by atoms with E-state index in [9.17, 15) is 0 Å². The fourth-order valence-electron chi connectivity index (χ4n) is 7.56. The highest BCUT2D eigenvalue weighted by atomic mass is 32.1. The first-order chi connectivity index (χ1) is 20.2. The van der Waals surface area contributed by atoms with Crippen molar-refractivity contribution in [3.63, 3.8) is 0 Å². The molecule has 0 amide bonds. The van der Waals surface area contributed by atoms with Crippen molar-refractivity contribution < 1.29 is 0 Å². The second kappa shape index (κ2) is 8.34. The Balaban J connectivity index is 1.48. The molecule has 1 atom stereocenters. The van der Waals surface area contributed by atoms with Crippen LogP contribution in [0.5, 0.6) is 0 Å². The molecule has 2 aliphatic rings. The molecule has 9 rings (SSSR count). The van der Waals surface area contributed by atoms with Crippen LogP contribution >= 0.6 is 24.2 Å². The minimum atomic E-state index is -0.439. The van der Waals surface area contributed by atoms with Gasteiger partial charge in [-0.25, -0.2) is 5.84 Å². The molecule has 2 aliphatic carbocycles. The van der Waals surface area contributed by atoms with Crippen LogP contribution in [0.25, 0.3) is 53.6 Å². The van der Waals surface area contributed by atoms with Gasteiger partial charge in [-0.2, -0.15) is 0 Å². The van der Waals surface area contributed by atoms with Crippen LogP contribution in [0, 0.1) is 0 Å². The molecule has 1 heterocycles. The number of nitrogens with zero attached hydrogens (tertiary/aromatic N) is 1. The van der Waals surface area contributed by atoms with Crippen LogP contribution in [0.3, 0.4) is 0 Å². The maximum Gasteiger partial charge on any atom is 0.0731 e. The van der Waals surface area contributed by atoms with Crippen molar-refractivity contribution in [3.8, 4) is 33.4 Å². The molecule has 1 spiro atoms. The second-order valence-corrected chi connectivity index (χ2v) is 12.4. The second-order valence-electron chi connectivity index (χ2n) is 10.9. The van der Waals surface area contributed by atoms with Crippen molar-refractivity contribution in [2.75, 3.05) is 4.41 Å². The lowest BCUT2D eigenvalue weighted by atomic mass is 9.68. The fraction of sp³-hybridized carbons (Fsp3) is 0.0270. The van der Waals surface area contributed by atoms with E-state index in [0.717, 1.165) is 11.3 Å². The highest BCUT2D eigenvalue weighted by molar-refractivity contribution is 7.81. The number of thiol groups is 1. The van der Waals surface area contributed by atoms with Crippen LogP contribution < -0.4 is 10.3 Å². The summed E-state index contributed by atoms with van der Waals surface area (Å²) in [6.45, 7) is 0. The molecule has 41 heavy (non-hydrogen) atoms. The number of anilines is 1. The van der Waals surface area contributed by atoms with Gasteiger partial charge in [-0.3, -0.25) is 4.41 Å². The maximum absolute atomic E-state index is 6.07. The van der Waals surface area contributed by atoms with Crippen molar-refractivity contribution in [1.29, 1.82) is 0 Å². The van der Waals surface area contributed by atoms with Crippen LogP contribution in [0.4, 0.5) is 5.69 Å². The summed E-state index contributed by atoms with van der Waals surface area (Å²) in [6.07, 6.45) is 0. The third kappa shape index (κ3) is 2.92. The summed E-state index contributed by atoms with van der Waals surface area (Å²) < 4.78 is 4.05. The van der Waals surface area contributed by atoms with Gasteiger partial charge in [-0.15, -0.1) is 11.3 Å². The number of fused-ring (bicyclic) bond motifs is 14. The van der Waals surface area contributed by atoms with Crippen molar-refractivity contribution in [1.82, 2.24) is 0 Å². The van der Waals surface area contributed by atoms with Gasteiger partial charge >= 0.3 is 0 Å². The minimum absolute atomic E-state index is 0.439. The molecule has 0 bridgehead atoms. The molecular weight excluding hydrogens is 537 g/mol. The Morgan fingerprint density at radius 1 is 0.585 bits per heavy atom. The van der Waals surface area contributed by atoms with Gasteiger partial charge in [0, 0.05) is 20.2 Å². The Hall–Kier alpha value is -4.35. The first-order valence-corrected chi connectivity index (χ1v) is 15.0. The Bertz CT molecular complexity index is 2210. The first kappa shape index (κ1) is 23.4. The number of hydrazine groups is 1. The lowest BCUT2D eigenvalue weighted by Crippen LogP contribution is -2.26. The lowest BCUT2D eigenvalue weighted by Gasteiger charge is -2.32. The van der Waals surface area contributed by atoms with Crippen LogP contribution in [-0.2, 0) is 5.41 Å². The number of thiophene rings is 1. The zero-order valence-electron chi connectivity index (χ0n) is 22.0. The number of hydrogen-bond donors (Lipinski definition) is 2. The highest BCUT2D eigenvalue weighted by Crippen LogP contribution is 2.65. The standard InChI is InChI=1S/C37H24N2S2/c38-39(40)23-10-7-9-22(21-23)24-14-8-15-26-25-11-1-4-16-29(25)37(36(24)26)30-17-5-2-12-27(30)34-31(37)19-20-33-35(34)28-13-3-6-18-32(28)41-33/h1-21,40H,38H2. The zero-order valence-corrected chi connectivity index (χ0v) is 23.7. The molecule has 0 aliphatic heterocycles. The van der Waals surface area contributed by atoms with Crippen molar-refractivity contribution in [2.45, 2.75) is 5.41 Å². The smallest absolute Gasteiger partial charge is 0.0731 e. The van der Waals surface area contributed by atoms with E-state index >= 15 is 0 Å². The number of hydrogen-bond acceptors (Lipinski definition) is 4. The summed E-state index contributed by atoms with van der Waals surface area (Å²) in [7, 11) is 0. The predicted octanol–water partition coefficient (Wildman–Crippen LogP) is 9.59. The molecule has 0 saturated heterocycles. The van der Waals surface area contributed by atoms with E-state index in [1.807, 2.05) is 17.4 Å². The molecule has 7 aromatic rings. The van der Waals surface area contributed by atoms with E-state index in [0.29, 0.717) is 0 Å².